The highest BCUT2D eigenvalue weighted by molar-refractivity contribution is 7.93. The number of carbonyl (C=O) groups excluding carboxylic acids is 1. The highest BCUT2D eigenvalue weighted by atomic mass is 32.2. The molecule has 42 heavy (non-hydrogen) atoms. The van der Waals surface area contributed by atoms with Crippen LogP contribution in [-0.2, 0) is 26.1 Å². The summed E-state index contributed by atoms with van der Waals surface area (Å²) in [4.78, 5) is 12.3. The van der Waals surface area contributed by atoms with E-state index < -0.39 is 18.1 Å². The van der Waals surface area contributed by atoms with E-state index in [1.165, 1.54) is 4.31 Å². The van der Waals surface area contributed by atoms with Crippen LogP contribution in [0.4, 0.5) is 5.82 Å². The summed E-state index contributed by atoms with van der Waals surface area (Å²) >= 11 is 0. The first-order chi connectivity index (χ1) is 19.5. The molecule has 230 valence electrons. The minimum absolute atomic E-state index is 0.0912. The highest BCUT2D eigenvalue weighted by Gasteiger charge is 2.36. The lowest BCUT2D eigenvalue weighted by molar-refractivity contribution is -0.922. The fourth-order valence-electron chi connectivity index (χ4n) is 5.30. The van der Waals surface area contributed by atoms with Gasteiger partial charge in [-0.2, -0.15) is 0 Å². The Morgan fingerprint density at radius 3 is 2.21 bits per heavy atom. The third kappa shape index (κ3) is 7.88. The van der Waals surface area contributed by atoms with E-state index in [2.05, 4.69) is 24.8 Å². The van der Waals surface area contributed by atoms with Crippen molar-refractivity contribution in [2.75, 3.05) is 31.7 Å². The first-order valence-corrected chi connectivity index (χ1v) is 19.4. The molecule has 1 heterocycles. The van der Waals surface area contributed by atoms with Crippen LogP contribution in [0.5, 0.6) is 0 Å². The van der Waals surface area contributed by atoms with E-state index in [1.54, 1.807) is 32.0 Å². The predicted octanol–water partition coefficient (Wildman–Crippen LogP) is 5.55. The Hall–Kier alpha value is -2.99. The minimum atomic E-state index is -4.08. The van der Waals surface area contributed by atoms with Gasteiger partial charge in [-0.3, -0.25) is 4.79 Å². The molecule has 0 aliphatic rings. The number of aromatic nitrogens is 1. The van der Waals surface area contributed by atoms with Crippen LogP contribution in [0.15, 0.2) is 57.9 Å². The van der Waals surface area contributed by atoms with Crippen LogP contribution in [0.1, 0.15) is 30.7 Å². The van der Waals surface area contributed by atoms with Crippen molar-refractivity contribution in [1.29, 1.82) is 0 Å². The van der Waals surface area contributed by atoms with Gasteiger partial charge in [0, 0.05) is 37.3 Å². The third-order valence-electron chi connectivity index (χ3n) is 7.56. The number of ether oxygens (including phenoxy) is 1. The molecule has 0 fully saturated rings. The summed E-state index contributed by atoms with van der Waals surface area (Å²) in [6.07, 6.45) is 0. The second-order valence-electron chi connectivity index (χ2n) is 13.1. The van der Waals surface area contributed by atoms with Crippen LogP contribution in [0, 0.1) is 19.8 Å². The topological polar surface area (TPSA) is 116 Å². The average Bonchev–Trinajstić information content (AvgIpc) is 3.20. The molecule has 1 aromatic heterocycles. The molecule has 0 aliphatic heterocycles. The Morgan fingerprint density at radius 2 is 1.69 bits per heavy atom. The van der Waals surface area contributed by atoms with Gasteiger partial charge in [0.1, 0.15) is 19.0 Å². The van der Waals surface area contributed by atoms with Crippen molar-refractivity contribution in [3.8, 4) is 11.1 Å². The molecule has 0 aliphatic carbocycles. The van der Waals surface area contributed by atoms with E-state index in [-0.39, 0.29) is 35.3 Å². The van der Waals surface area contributed by atoms with Gasteiger partial charge in [0.2, 0.25) is 0 Å². The van der Waals surface area contributed by atoms with Crippen LogP contribution in [0.2, 0.25) is 25.7 Å². The molecule has 2 aromatic carbocycles. The molecule has 9 nitrogen and oxygen atoms in total. The van der Waals surface area contributed by atoms with Gasteiger partial charge >= 0.3 is 0 Å². The van der Waals surface area contributed by atoms with Crippen molar-refractivity contribution in [2.45, 2.75) is 70.9 Å². The van der Waals surface area contributed by atoms with Gasteiger partial charge in [-0.15, -0.1) is 0 Å². The Morgan fingerprint density at radius 1 is 1.07 bits per heavy atom. The van der Waals surface area contributed by atoms with Gasteiger partial charge in [0.25, 0.3) is 15.9 Å². The molecule has 11 heteroatoms. The number of hydrogen-bond acceptors (Lipinski definition) is 6. The first kappa shape index (κ1) is 33.5. The number of likely N-dealkylation sites (N-methyl/N-ethyl adjacent to an activating group) is 1. The summed E-state index contributed by atoms with van der Waals surface area (Å²) < 4.78 is 41.4. The van der Waals surface area contributed by atoms with E-state index in [4.69, 9.17) is 15.0 Å². The summed E-state index contributed by atoms with van der Waals surface area (Å²) in [6.45, 7) is 15.2. The molecule has 3 rings (SSSR count). The first-order valence-electron chi connectivity index (χ1n) is 14.3. The number of quaternary nitrogens is 1. The number of aryl methyl sites for hydroxylation is 1. The van der Waals surface area contributed by atoms with E-state index in [0.29, 0.717) is 34.5 Å². The Balaban J connectivity index is 1.96. The fraction of sp³-hybridized carbons (Fsp3) is 0.484. The second kappa shape index (κ2) is 13.1. The molecule has 0 saturated heterocycles. The normalized spacial score (nSPS) is 13.4. The van der Waals surface area contributed by atoms with Crippen LogP contribution >= 0.6 is 0 Å². The monoisotopic (exact) mass is 615 g/mol. The van der Waals surface area contributed by atoms with Gasteiger partial charge in [0.05, 0.1) is 19.0 Å². The molecule has 1 atom stereocenters. The second-order valence-corrected chi connectivity index (χ2v) is 20.6. The number of nitrogens with two attached hydrogens (primary N) is 1. The van der Waals surface area contributed by atoms with Crippen LogP contribution in [-0.4, -0.2) is 65.5 Å². The Bertz CT molecular complexity index is 1480. The number of rotatable bonds is 14. The number of nitrogens with zero attached hydrogens (tertiary/aromatic N) is 3. The van der Waals surface area contributed by atoms with E-state index in [0.717, 1.165) is 17.2 Å². The van der Waals surface area contributed by atoms with E-state index >= 15 is 0 Å². The fourth-order valence-corrected chi connectivity index (χ4v) is 7.62. The van der Waals surface area contributed by atoms with Gasteiger partial charge in [-0.1, -0.05) is 81.1 Å². The Labute approximate surface area is 252 Å². The number of hydrogen-bond donors (Lipinski definition) is 1. The summed E-state index contributed by atoms with van der Waals surface area (Å²) in [5, 5.41) is 4.09. The lowest BCUT2D eigenvalue weighted by atomic mass is 9.98. The van der Waals surface area contributed by atoms with Gasteiger partial charge in [0.15, 0.2) is 11.9 Å². The number of anilines is 1. The van der Waals surface area contributed by atoms with Crippen LogP contribution in [0.3, 0.4) is 0 Å². The van der Waals surface area contributed by atoms with Gasteiger partial charge in [-0.25, -0.2) is 12.7 Å². The summed E-state index contributed by atoms with van der Waals surface area (Å²) in [5.74, 6) is 0.541. The molecule has 2 N–H and O–H groups in total. The molecular weight excluding hydrogens is 569 g/mol. The quantitative estimate of drug-likeness (QED) is 0.110. The lowest BCUT2D eigenvalue weighted by Gasteiger charge is -2.38. The van der Waals surface area contributed by atoms with Crippen molar-refractivity contribution in [2.24, 2.45) is 11.7 Å². The number of benzene rings is 2. The SMILES string of the molecule is Cc1onc(N(COCC[Si](C)(C)C)S(=O)(=O)c2ccccc2-c2ccc(C[N+](C)(C)[C@H](C(N)=O)C(C)C)cc2)c1C. The molecule has 0 bridgehead atoms. The van der Waals surface area contributed by atoms with Crippen molar-refractivity contribution in [1.82, 2.24) is 5.16 Å². The number of carbonyl (C=O) groups is 1. The summed E-state index contributed by atoms with van der Waals surface area (Å²) in [7, 11) is -1.45. The molecule has 0 unspecified atom stereocenters. The average molecular weight is 616 g/mol. The standard InChI is InChI=1S/C31H46N4O5SSi/c1-22(2)29(30(32)36)35(5,6)20-25-14-16-26(17-15-25)27-12-10-11-13-28(27)41(37,38)34(21-39-18-19-42(7,8)9)31-23(3)24(4)40-33-31/h10-17,22,29H,18-21H2,1-9H3,(H-,32,36)/p+1/t29-/m0/s1. The number of amides is 1. The molecular formula is C31H47N4O5SSi+. The van der Waals surface area contributed by atoms with Crippen molar-refractivity contribution in [3.05, 3.63) is 65.4 Å². The van der Waals surface area contributed by atoms with Crippen LogP contribution in [0.25, 0.3) is 11.1 Å². The lowest BCUT2D eigenvalue weighted by Crippen LogP contribution is -2.57. The molecule has 1 amide bonds. The minimum Gasteiger partial charge on any atom is -0.365 e. The summed E-state index contributed by atoms with van der Waals surface area (Å²) in [6, 6.07) is 15.3. The number of sulfonamides is 1. The molecule has 0 saturated carbocycles. The molecule has 0 radical (unpaired) electrons. The maximum Gasteiger partial charge on any atom is 0.276 e. The van der Waals surface area contributed by atoms with Crippen LogP contribution < -0.4 is 10.0 Å². The number of primary amides is 1. The Kier molecular flexibility index (Phi) is 10.5. The van der Waals surface area contributed by atoms with E-state index in [1.807, 2.05) is 58.3 Å². The molecule has 3 aromatic rings. The summed E-state index contributed by atoms with van der Waals surface area (Å²) in [5.41, 5.74) is 8.72. The third-order valence-corrected chi connectivity index (χ3v) is 11.0. The van der Waals surface area contributed by atoms with Crippen molar-refractivity contribution >= 4 is 29.8 Å². The molecule has 0 spiro atoms. The van der Waals surface area contributed by atoms with Crippen molar-refractivity contribution < 1.29 is 27.0 Å². The predicted molar refractivity (Wildman–Crippen MR) is 170 cm³/mol. The van der Waals surface area contributed by atoms with Gasteiger partial charge in [-0.05, 0) is 31.5 Å². The zero-order valence-corrected chi connectivity index (χ0v) is 28.3. The maximum absolute atomic E-state index is 14.3. The zero-order chi connectivity index (χ0) is 31.5. The van der Waals surface area contributed by atoms with Gasteiger partial charge < -0.3 is 19.5 Å². The largest absolute Gasteiger partial charge is 0.365 e. The smallest absolute Gasteiger partial charge is 0.276 e. The van der Waals surface area contributed by atoms with Crippen molar-refractivity contribution in [3.63, 3.8) is 0 Å². The van der Waals surface area contributed by atoms with E-state index in [9.17, 15) is 13.2 Å². The zero-order valence-electron chi connectivity index (χ0n) is 26.5. The highest BCUT2D eigenvalue weighted by Crippen LogP contribution is 2.34. The maximum atomic E-state index is 14.3.